The van der Waals surface area contributed by atoms with Gasteiger partial charge in [-0.05, 0) is 66.3 Å². The molecule has 0 radical (unpaired) electrons. The summed E-state index contributed by atoms with van der Waals surface area (Å²) in [5.74, 6) is -0.949. The van der Waals surface area contributed by atoms with Crippen molar-refractivity contribution in [3.8, 4) is 0 Å². The standard InChI is InChI=1S/C27H26N2O5S/c30-26(29-16-5-9-21-7-3-4-10-25(21)29)19-34-27(31)22-11-13-24(14-12-22)35(32,33)28-17-15-20-6-1-2-8-23(20)18-28/h1-4,6-8,10-14H,5,9,15-19H2. The molecule has 0 N–H and O–H groups in total. The van der Waals surface area contributed by atoms with E-state index in [0.29, 0.717) is 26.1 Å². The number of nitrogens with zero attached hydrogens (tertiary/aromatic N) is 2. The Morgan fingerprint density at radius 2 is 1.49 bits per heavy atom. The van der Waals surface area contributed by atoms with E-state index in [0.717, 1.165) is 29.7 Å². The number of para-hydroxylation sites is 1. The highest BCUT2D eigenvalue weighted by molar-refractivity contribution is 7.89. The van der Waals surface area contributed by atoms with Crippen LogP contribution in [0.4, 0.5) is 5.69 Å². The smallest absolute Gasteiger partial charge is 0.338 e. The fourth-order valence-corrected chi connectivity index (χ4v) is 6.09. The van der Waals surface area contributed by atoms with Gasteiger partial charge in [0.2, 0.25) is 10.0 Å². The van der Waals surface area contributed by atoms with Gasteiger partial charge in [-0.1, -0.05) is 42.5 Å². The zero-order valence-corrected chi connectivity index (χ0v) is 20.0. The summed E-state index contributed by atoms with van der Waals surface area (Å²) in [5, 5.41) is 0. The second-order valence-corrected chi connectivity index (χ2v) is 10.7. The first-order valence-corrected chi connectivity index (χ1v) is 13.1. The van der Waals surface area contributed by atoms with Crippen LogP contribution in [0.3, 0.4) is 0 Å². The van der Waals surface area contributed by atoms with Crippen LogP contribution in [0.5, 0.6) is 0 Å². The highest BCUT2D eigenvalue weighted by Gasteiger charge is 2.28. The highest BCUT2D eigenvalue weighted by Crippen LogP contribution is 2.27. The monoisotopic (exact) mass is 490 g/mol. The van der Waals surface area contributed by atoms with E-state index in [1.54, 1.807) is 4.90 Å². The SMILES string of the molecule is O=C(OCC(=O)N1CCCc2ccccc21)c1ccc(S(=O)(=O)N2CCc3ccccc3C2)cc1. The molecule has 0 atom stereocenters. The molecule has 2 aliphatic rings. The predicted octanol–water partition coefficient (Wildman–Crippen LogP) is 3.57. The van der Waals surface area contributed by atoms with E-state index < -0.39 is 16.0 Å². The van der Waals surface area contributed by atoms with Crippen LogP contribution >= 0.6 is 0 Å². The van der Waals surface area contributed by atoms with Crippen molar-refractivity contribution in [2.45, 2.75) is 30.7 Å². The van der Waals surface area contributed by atoms with E-state index in [-0.39, 0.29) is 23.0 Å². The molecule has 8 heteroatoms. The molecule has 180 valence electrons. The van der Waals surface area contributed by atoms with Gasteiger partial charge in [0.1, 0.15) is 0 Å². The second kappa shape index (κ2) is 9.64. The van der Waals surface area contributed by atoms with E-state index >= 15 is 0 Å². The third-order valence-corrected chi connectivity index (χ3v) is 8.42. The number of amides is 1. The number of hydrogen-bond donors (Lipinski definition) is 0. The summed E-state index contributed by atoms with van der Waals surface area (Å²) in [5.41, 5.74) is 4.32. The number of benzene rings is 3. The molecule has 0 aromatic heterocycles. The van der Waals surface area contributed by atoms with Crippen LogP contribution in [0.25, 0.3) is 0 Å². The molecule has 2 aliphatic heterocycles. The van der Waals surface area contributed by atoms with Gasteiger partial charge in [0.15, 0.2) is 6.61 Å². The summed E-state index contributed by atoms with van der Waals surface area (Å²) >= 11 is 0. The van der Waals surface area contributed by atoms with Crippen LogP contribution in [-0.4, -0.2) is 44.3 Å². The van der Waals surface area contributed by atoms with E-state index in [1.165, 1.54) is 34.1 Å². The number of carbonyl (C=O) groups is 2. The molecular formula is C27H26N2O5S. The van der Waals surface area contributed by atoms with Crippen LogP contribution in [0, 0.1) is 0 Å². The number of rotatable bonds is 5. The van der Waals surface area contributed by atoms with Crippen molar-refractivity contribution in [1.82, 2.24) is 4.31 Å². The van der Waals surface area contributed by atoms with Crippen LogP contribution in [0.15, 0.2) is 77.7 Å². The summed E-state index contributed by atoms with van der Waals surface area (Å²) in [6, 6.07) is 21.2. The summed E-state index contributed by atoms with van der Waals surface area (Å²) in [4.78, 5) is 27.0. The largest absolute Gasteiger partial charge is 0.452 e. The topological polar surface area (TPSA) is 84.0 Å². The molecule has 0 aliphatic carbocycles. The number of hydrogen-bond acceptors (Lipinski definition) is 5. The molecule has 2 heterocycles. The Morgan fingerprint density at radius 1 is 0.800 bits per heavy atom. The fraction of sp³-hybridized carbons (Fsp3) is 0.259. The zero-order chi connectivity index (χ0) is 24.4. The third kappa shape index (κ3) is 4.72. The first-order valence-electron chi connectivity index (χ1n) is 11.7. The Kier molecular flexibility index (Phi) is 6.40. The lowest BCUT2D eigenvalue weighted by Crippen LogP contribution is -2.38. The molecule has 5 rings (SSSR count). The molecule has 35 heavy (non-hydrogen) atoms. The minimum Gasteiger partial charge on any atom is -0.452 e. The van der Waals surface area contributed by atoms with Gasteiger partial charge < -0.3 is 9.64 Å². The Bertz CT molecular complexity index is 1370. The minimum absolute atomic E-state index is 0.120. The lowest BCUT2D eigenvalue weighted by molar-refractivity contribution is -0.121. The third-order valence-electron chi connectivity index (χ3n) is 6.56. The number of ether oxygens (including phenoxy) is 1. The summed E-state index contributed by atoms with van der Waals surface area (Å²) < 4.78 is 33.0. The van der Waals surface area contributed by atoms with Gasteiger partial charge in [-0.25, -0.2) is 13.2 Å². The second-order valence-electron chi connectivity index (χ2n) is 8.74. The van der Waals surface area contributed by atoms with Crippen molar-refractivity contribution >= 4 is 27.6 Å². The lowest BCUT2D eigenvalue weighted by Gasteiger charge is -2.29. The summed E-state index contributed by atoms with van der Waals surface area (Å²) in [7, 11) is -3.70. The fourth-order valence-electron chi connectivity index (χ4n) is 4.67. The Morgan fingerprint density at radius 3 is 2.26 bits per heavy atom. The van der Waals surface area contributed by atoms with Crippen molar-refractivity contribution < 1.29 is 22.7 Å². The summed E-state index contributed by atoms with van der Waals surface area (Å²) in [6.07, 6.45) is 2.43. The van der Waals surface area contributed by atoms with Crippen LogP contribution in [0.1, 0.15) is 33.5 Å². The molecule has 0 unspecified atom stereocenters. The number of esters is 1. The van der Waals surface area contributed by atoms with E-state index in [4.69, 9.17) is 4.74 Å². The molecule has 0 saturated heterocycles. The van der Waals surface area contributed by atoms with Crippen LogP contribution in [0.2, 0.25) is 0 Å². The maximum Gasteiger partial charge on any atom is 0.338 e. The van der Waals surface area contributed by atoms with Gasteiger partial charge in [-0.15, -0.1) is 0 Å². The van der Waals surface area contributed by atoms with Gasteiger partial charge in [-0.2, -0.15) is 4.31 Å². The quantitative estimate of drug-likeness (QED) is 0.511. The van der Waals surface area contributed by atoms with Gasteiger partial charge in [-0.3, -0.25) is 4.79 Å². The molecular weight excluding hydrogens is 464 g/mol. The molecule has 0 bridgehead atoms. The number of aryl methyl sites for hydroxylation is 1. The molecule has 7 nitrogen and oxygen atoms in total. The normalized spacial score (nSPS) is 15.7. The van der Waals surface area contributed by atoms with Crippen molar-refractivity contribution in [3.05, 3.63) is 95.1 Å². The molecule has 0 saturated carbocycles. The lowest BCUT2D eigenvalue weighted by atomic mass is 10.0. The Labute approximate surface area is 205 Å². The zero-order valence-electron chi connectivity index (χ0n) is 19.2. The number of sulfonamides is 1. The van der Waals surface area contributed by atoms with Crippen molar-refractivity contribution in [2.75, 3.05) is 24.6 Å². The van der Waals surface area contributed by atoms with Crippen LogP contribution in [-0.2, 0) is 38.9 Å². The van der Waals surface area contributed by atoms with Gasteiger partial charge >= 0.3 is 5.97 Å². The van der Waals surface area contributed by atoms with Crippen molar-refractivity contribution in [2.24, 2.45) is 0 Å². The Hall–Kier alpha value is -3.49. The van der Waals surface area contributed by atoms with Crippen molar-refractivity contribution in [1.29, 1.82) is 0 Å². The number of fused-ring (bicyclic) bond motifs is 2. The molecule has 1 amide bonds. The van der Waals surface area contributed by atoms with E-state index in [2.05, 4.69) is 0 Å². The molecule has 3 aromatic rings. The van der Waals surface area contributed by atoms with E-state index in [1.807, 2.05) is 48.5 Å². The maximum atomic E-state index is 13.1. The Balaban J connectivity index is 1.22. The number of anilines is 1. The molecule has 0 fully saturated rings. The number of carbonyl (C=O) groups excluding carboxylic acids is 2. The van der Waals surface area contributed by atoms with Gasteiger partial charge in [0, 0.05) is 25.3 Å². The summed E-state index contributed by atoms with van der Waals surface area (Å²) in [6.45, 7) is 0.941. The molecule has 0 spiro atoms. The minimum atomic E-state index is -3.70. The molecule has 3 aromatic carbocycles. The van der Waals surface area contributed by atoms with Crippen LogP contribution < -0.4 is 4.90 Å². The first kappa shape index (κ1) is 23.3. The van der Waals surface area contributed by atoms with E-state index in [9.17, 15) is 18.0 Å². The average molecular weight is 491 g/mol. The predicted molar refractivity (Wildman–Crippen MR) is 132 cm³/mol. The maximum absolute atomic E-state index is 13.1. The van der Waals surface area contributed by atoms with Gasteiger partial charge in [0.25, 0.3) is 5.91 Å². The first-order chi connectivity index (χ1) is 16.9. The highest BCUT2D eigenvalue weighted by atomic mass is 32.2. The average Bonchev–Trinajstić information content (AvgIpc) is 2.91. The van der Waals surface area contributed by atoms with Gasteiger partial charge in [0.05, 0.1) is 10.5 Å². The van der Waals surface area contributed by atoms with Crippen molar-refractivity contribution in [3.63, 3.8) is 0 Å².